The molecule has 3 aromatic rings. The highest BCUT2D eigenvalue weighted by Gasteiger charge is 2.19. The number of rotatable bonds is 6. The molecule has 4 nitrogen and oxygen atoms in total. The molecule has 0 aliphatic rings. The number of hydrogen-bond donors (Lipinski definition) is 2. The maximum Gasteiger partial charge on any atom is 0.326 e. The van der Waals surface area contributed by atoms with Crippen molar-refractivity contribution in [2.75, 3.05) is 5.32 Å². The summed E-state index contributed by atoms with van der Waals surface area (Å²) in [5.41, 5.74) is 0.594. The van der Waals surface area contributed by atoms with E-state index in [1.54, 1.807) is 23.9 Å². The van der Waals surface area contributed by atoms with E-state index in [-0.39, 0.29) is 5.25 Å². The number of hydrogen-bond acceptors (Lipinski definition) is 3. The van der Waals surface area contributed by atoms with Gasteiger partial charge in [0.2, 0.25) is 0 Å². The molecule has 0 aliphatic carbocycles. The monoisotopic (exact) mass is 494 g/mol. The number of imide groups is 1. The van der Waals surface area contributed by atoms with Crippen LogP contribution in [0.1, 0.15) is 34.5 Å². The van der Waals surface area contributed by atoms with E-state index in [1.807, 2.05) is 29.6 Å². The lowest BCUT2D eigenvalue weighted by atomic mass is 10.1. The zero-order valence-corrected chi connectivity index (χ0v) is 19.1. The number of benzene rings is 3. The fraction of sp³-hybridized carbons (Fsp3) is 0.130. The first-order chi connectivity index (χ1) is 15.3. The van der Waals surface area contributed by atoms with Gasteiger partial charge in [0.05, 0.1) is 5.02 Å². The number of amides is 3. The van der Waals surface area contributed by atoms with Crippen LogP contribution in [0.2, 0.25) is 10.0 Å². The standard InChI is InChI=1S/C23H18Cl2F2N2O2S/c1-2-19(13-6-8-14(24)9-7-13)32-20-11-10-15(12-16(20)25)28-23(31)29-22(30)21-17(26)4-3-5-18(21)27/h3-12,19H,2H2,1H3,(H2,28,29,30,31). The highest BCUT2D eigenvalue weighted by Crippen LogP contribution is 2.41. The summed E-state index contributed by atoms with van der Waals surface area (Å²) in [6.07, 6.45) is 0.861. The third-order valence-corrected chi connectivity index (χ3v) is 6.67. The summed E-state index contributed by atoms with van der Waals surface area (Å²) in [5, 5.41) is 5.56. The minimum Gasteiger partial charge on any atom is -0.308 e. The van der Waals surface area contributed by atoms with E-state index in [0.717, 1.165) is 35.1 Å². The number of halogens is 4. The molecule has 0 fully saturated rings. The molecule has 1 unspecified atom stereocenters. The number of carbonyl (C=O) groups is 2. The van der Waals surface area contributed by atoms with Gasteiger partial charge >= 0.3 is 6.03 Å². The van der Waals surface area contributed by atoms with Crippen LogP contribution in [-0.2, 0) is 0 Å². The summed E-state index contributed by atoms with van der Waals surface area (Å²) in [4.78, 5) is 24.9. The van der Waals surface area contributed by atoms with E-state index >= 15 is 0 Å². The molecule has 2 N–H and O–H groups in total. The van der Waals surface area contributed by atoms with Crippen LogP contribution in [-0.4, -0.2) is 11.9 Å². The van der Waals surface area contributed by atoms with Gasteiger partial charge in [-0.05, 0) is 54.4 Å². The van der Waals surface area contributed by atoms with Crippen LogP contribution in [0, 0.1) is 11.6 Å². The molecular weight excluding hydrogens is 477 g/mol. The SMILES string of the molecule is CCC(Sc1ccc(NC(=O)NC(=O)c2c(F)cccc2F)cc1Cl)c1ccc(Cl)cc1. The van der Waals surface area contributed by atoms with Crippen molar-refractivity contribution in [3.63, 3.8) is 0 Å². The van der Waals surface area contributed by atoms with Gasteiger partial charge in [-0.15, -0.1) is 11.8 Å². The molecule has 1 atom stereocenters. The predicted octanol–water partition coefficient (Wildman–Crippen LogP) is 7.48. The second-order valence-corrected chi connectivity index (χ2v) is 8.80. The Bertz CT molecular complexity index is 1120. The Morgan fingerprint density at radius 1 is 1.00 bits per heavy atom. The van der Waals surface area contributed by atoms with Crippen LogP contribution < -0.4 is 10.6 Å². The average molecular weight is 495 g/mol. The van der Waals surface area contributed by atoms with Crippen LogP contribution in [0.15, 0.2) is 65.6 Å². The van der Waals surface area contributed by atoms with Crippen LogP contribution in [0.4, 0.5) is 19.3 Å². The molecule has 3 aromatic carbocycles. The number of nitrogens with one attached hydrogen (secondary N) is 2. The van der Waals surface area contributed by atoms with E-state index in [1.165, 1.54) is 6.07 Å². The Balaban J connectivity index is 1.66. The molecule has 3 amide bonds. The van der Waals surface area contributed by atoms with Gasteiger partial charge in [0.15, 0.2) is 0 Å². The molecule has 166 valence electrons. The zero-order valence-electron chi connectivity index (χ0n) is 16.8. The molecule has 0 spiro atoms. The third-order valence-electron chi connectivity index (χ3n) is 4.49. The first kappa shape index (κ1) is 24.0. The molecule has 3 rings (SSSR count). The lowest BCUT2D eigenvalue weighted by molar-refractivity contribution is 0.0959. The van der Waals surface area contributed by atoms with Crippen molar-refractivity contribution >= 4 is 52.6 Å². The Morgan fingerprint density at radius 2 is 1.66 bits per heavy atom. The quantitative estimate of drug-likeness (QED) is 0.349. The predicted molar refractivity (Wildman–Crippen MR) is 125 cm³/mol. The van der Waals surface area contributed by atoms with Crippen molar-refractivity contribution in [3.8, 4) is 0 Å². The molecular formula is C23H18Cl2F2N2O2S. The van der Waals surface area contributed by atoms with Crippen molar-refractivity contribution in [3.05, 3.63) is 93.5 Å². The van der Waals surface area contributed by atoms with Gasteiger partial charge < -0.3 is 5.32 Å². The van der Waals surface area contributed by atoms with Gasteiger partial charge in [-0.1, -0.05) is 48.3 Å². The van der Waals surface area contributed by atoms with E-state index in [4.69, 9.17) is 23.2 Å². The van der Waals surface area contributed by atoms with E-state index in [2.05, 4.69) is 12.2 Å². The smallest absolute Gasteiger partial charge is 0.308 e. The molecule has 0 bridgehead atoms. The van der Waals surface area contributed by atoms with Crippen LogP contribution in [0.5, 0.6) is 0 Å². The third kappa shape index (κ3) is 6.00. The summed E-state index contributed by atoms with van der Waals surface area (Å²) in [6.45, 7) is 2.07. The van der Waals surface area contributed by atoms with Crippen molar-refractivity contribution < 1.29 is 18.4 Å². The van der Waals surface area contributed by atoms with Crippen LogP contribution in [0.25, 0.3) is 0 Å². The molecule has 0 saturated heterocycles. The number of anilines is 1. The second-order valence-electron chi connectivity index (χ2n) is 6.72. The van der Waals surface area contributed by atoms with Crippen molar-refractivity contribution in [1.82, 2.24) is 5.32 Å². The number of urea groups is 1. The first-order valence-electron chi connectivity index (χ1n) is 9.56. The molecule has 0 saturated carbocycles. The largest absolute Gasteiger partial charge is 0.326 e. The fourth-order valence-corrected chi connectivity index (χ4v) is 4.46. The van der Waals surface area contributed by atoms with Crippen molar-refractivity contribution in [2.45, 2.75) is 23.5 Å². The van der Waals surface area contributed by atoms with E-state index in [0.29, 0.717) is 15.7 Å². The summed E-state index contributed by atoms with van der Waals surface area (Å²) in [6, 6.07) is 14.5. The Morgan fingerprint density at radius 3 is 2.25 bits per heavy atom. The maximum absolute atomic E-state index is 13.7. The summed E-state index contributed by atoms with van der Waals surface area (Å²) in [7, 11) is 0. The lowest BCUT2D eigenvalue weighted by Gasteiger charge is -2.16. The van der Waals surface area contributed by atoms with Crippen LogP contribution in [0.3, 0.4) is 0 Å². The van der Waals surface area contributed by atoms with Gasteiger partial charge in [-0.25, -0.2) is 13.6 Å². The van der Waals surface area contributed by atoms with Crippen molar-refractivity contribution in [1.29, 1.82) is 0 Å². The Kier molecular flexibility index (Phi) is 8.12. The minimum absolute atomic E-state index is 0.153. The highest BCUT2D eigenvalue weighted by molar-refractivity contribution is 7.99. The highest BCUT2D eigenvalue weighted by atomic mass is 35.5. The van der Waals surface area contributed by atoms with Gasteiger partial charge in [0.25, 0.3) is 5.91 Å². The zero-order chi connectivity index (χ0) is 23.3. The number of thioether (sulfide) groups is 1. The maximum atomic E-state index is 13.7. The summed E-state index contributed by atoms with van der Waals surface area (Å²) >= 11 is 13.9. The molecule has 9 heteroatoms. The van der Waals surface area contributed by atoms with Gasteiger partial charge in [0, 0.05) is 20.9 Å². The van der Waals surface area contributed by atoms with E-state index < -0.39 is 29.1 Å². The lowest BCUT2D eigenvalue weighted by Crippen LogP contribution is -2.35. The summed E-state index contributed by atoms with van der Waals surface area (Å²) < 4.78 is 27.4. The van der Waals surface area contributed by atoms with E-state index in [9.17, 15) is 18.4 Å². The van der Waals surface area contributed by atoms with Gasteiger partial charge in [0.1, 0.15) is 17.2 Å². The molecule has 32 heavy (non-hydrogen) atoms. The van der Waals surface area contributed by atoms with Crippen LogP contribution >= 0.6 is 35.0 Å². The van der Waals surface area contributed by atoms with Crippen molar-refractivity contribution in [2.24, 2.45) is 0 Å². The number of carbonyl (C=O) groups excluding carboxylic acids is 2. The van der Waals surface area contributed by atoms with Gasteiger partial charge in [-0.3, -0.25) is 10.1 Å². The minimum atomic E-state index is -1.19. The van der Waals surface area contributed by atoms with Gasteiger partial charge in [-0.2, -0.15) is 0 Å². The normalized spacial score (nSPS) is 11.7. The average Bonchev–Trinajstić information content (AvgIpc) is 2.74. The molecule has 0 heterocycles. The first-order valence-corrected chi connectivity index (χ1v) is 11.2. The molecule has 0 aliphatic heterocycles. The summed E-state index contributed by atoms with van der Waals surface area (Å²) in [5.74, 6) is -3.32. The topological polar surface area (TPSA) is 58.2 Å². The fourth-order valence-electron chi connectivity index (χ4n) is 2.93. The Labute approximate surface area is 198 Å². The Hall–Kier alpha value is -2.61. The second kappa shape index (κ2) is 10.8. The molecule has 0 radical (unpaired) electrons. The molecule has 0 aromatic heterocycles.